The summed E-state index contributed by atoms with van der Waals surface area (Å²) in [7, 11) is 0. The van der Waals surface area contributed by atoms with Crippen molar-refractivity contribution in [3.8, 4) is 11.3 Å². The van der Waals surface area contributed by atoms with Crippen molar-refractivity contribution in [3.05, 3.63) is 58.9 Å². The van der Waals surface area contributed by atoms with Gasteiger partial charge in [0, 0.05) is 28.9 Å². The predicted octanol–water partition coefficient (Wildman–Crippen LogP) is 4.10. The number of hydrogen-bond donors (Lipinski definition) is 1. The van der Waals surface area contributed by atoms with Gasteiger partial charge >= 0.3 is 0 Å². The first-order valence-corrected chi connectivity index (χ1v) is 9.28. The fourth-order valence-corrected chi connectivity index (χ4v) is 3.66. The second kappa shape index (κ2) is 6.76. The van der Waals surface area contributed by atoms with Gasteiger partial charge in [-0.05, 0) is 18.9 Å². The third kappa shape index (κ3) is 3.25. The van der Waals surface area contributed by atoms with Gasteiger partial charge < -0.3 is 9.84 Å². The highest BCUT2D eigenvalue weighted by molar-refractivity contribution is 7.15. The van der Waals surface area contributed by atoms with Crippen LogP contribution in [0.2, 0.25) is 0 Å². The number of aryl methyl sites for hydroxylation is 2. The number of nitrogens with one attached hydrogen (secondary N) is 1. The molecule has 4 rings (SSSR count). The number of benzene rings is 1. The van der Waals surface area contributed by atoms with Crippen molar-refractivity contribution in [1.82, 2.24) is 14.5 Å². The summed E-state index contributed by atoms with van der Waals surface area (Å²) < 4.78 is 6.94. The SMILES string of the molecule is CCc1ccc(-c2cn3c(CC(=O)Nc4cc(C)on4)csc3n2)cc1. The Morgan fingerprint density at radius 2 is 2.12 bits per heavy atom. The van der Waals surface area contributed by atoms with E-state index in [9.17, 15) is 4.79 Å². The summed E-state index contributed by atoms with van der Waals surface area (Å²) in [4.78, 5) is 17.8. The quantitative estimate of drug-likeness (QED) is 0.577. The van der Waals surface area contributed by atoms with E-state index in [0.29, 0.717) is 11.6 Å². The lowest BCUT2D eigenvalue weighted by Gasteiger charge is -2.01. The number of rotatable bonds is 5. The number of fused-ring (bicyclic) bond motifs is 1. The van der Waals surface area contributed by atoms with Gasteiger partial charge in [0.15, 0.2) is 10.8 Å². The van der Waals surface area contributed by atoms with Crippen molar-refractivity contribution in [3.63, 3.8) is 0 Å². The molecule has 3 heterocycles. The fourth-order valence-electron chi connectivity index (χ4n) is 2.78. The van der Waals surface area contributed by atoms with Crippen LogP contribution in [0.3, 0.4) is 0 Å². The highest BCUT2D eigenvalue weighted by Crippen LogP contribution is 2.24. The topological polar surface area (TPSA) is 72.4 Å². The molecule has 4 aromatic rings. The molecule has 0 atom stereocenters. The maximum atomic E-state index is 12.3. The minimum atomic E-state index is -0.138. The molecule has 0 fully saturated rings. The summed E-state index contributed by atoms with van der Waals surface area (Å²) in [5.74, 6) is 0.952. The van der Waals surface area contributed by atoms with E-state index in [1.54, 1.807) is 13.0 Å². The average Bonchev–Trinajstić information content (AvgIpc) is 3.33. The number of carbonyl (C=O) groups is 1. The first-order chi connectivity index (χ1) is 12.6. The maximum Gasteiger partial charge on any atom is 0.231 e. The molecule has 0 saturated heterocycles. The van der Waals surface area contributed by atoms with Gasteiger partial charge in [0.1, 0.15) is 5.76 Å². The molecule has 1 N–H and O–H groups in total. The number of amides is 1. The molecule has 26 heavy (non-hydrogen) atoms. The van der Waals surface area contributed by atoms with E-state index in [-0.39, 0.29) is 12.3 Å². The lowest BCUT2D eigenvalue weighted by atomic mass is 10.1. The number of anilines is 1. The van der Waals surface area contributed by atoms with Crippen LogP contribution in [0.15, 0.2) is 46.4 Å². The van der Waals surface area contributed by atoms with Crippen LogP contribution in [0.4, 0.5) is 5.82 Å². The second-order valence-electron chi connectivity index (χ2n) is 6.10. The molecular formula is C19H18N4O2S. The van der Waals surface area contributed by atoms with E-state index in [1.165, 1.54) is 16.9 Å². The van der Waals surface area contributed by atoms with Crippen LogP contribution in [0.5, 0.6) is 0 Å². The van der Waals surface area contributed by atoms with Crippen molar-refractivity contribution >= 4 is 28.0 Å². The fraction of sp³-hybridized carbons (Fsp3) is 0.211. The first kappa shape index (κ1) is 16.5. The van der Waals surface area contributed by atoms with Crippen molar-refractivity contribution in [1.29, 1.82) is 0 Å². The minimum absolute atomic E-state index is 0.138. The number of nitrogens with zero attached hydrogens (tertiary/aromatic N) is 3. The van der Waals surface area contributed by atoms with Gasteiger partial charge in [-0.3, -0.25) is 9.20 Å². The first-order valence-electron chi connectivity index (χ1n) is 8.40. The van der Waals surface area contributed by atoms with Crippen LogP contribution in [0, 0.1) is 6.92 Å². The zero-order valence-electron chi connectivity index (χ0n) is 14.5. The van der Waals surface area contributed by atoms with E-state index < -0.39 is 0 Å². The molecular weight excluding hydrogens is 348 g/mol. The third-order valence-corrected chi connectivity index (χ3v) is 5.07. The van der Waals surface area contributed by atoms with Crippen LogP contribution in [-0.2, 0) is 17.6 Å². The van der Waals surface area contributed by atoms with Crippen LogP contribution >= 0.6 is 11.3 Å². The molecule has 0 aliphatic heterocycles. The van der Waals surface area contributed by atoms with Gasteiger partial charge in [-0.1, -0.05) is 36.3 Å². The highest BCUT2D eigenvalue weighted by Gasteiger charge is 2.13. The summed E-state index contributed by atoms with van der Waals surface area (Å²) in [5.41, 5.74) is 4.18. The minimum Gasteiger partial charge on any atom is -0.360 e. The highest BCUT2D eigenvalue weighted by atomic mass is 32.1. The molecule has 7 heteroatoms. The molecule has 1 aromatic carbocycles. The molecule has 1 amide bonds. The van der Waals surface area contributed by atoms with Crippen LogP contribution in [0.25, 0.3) is 16.2 Å². The summed E-state index contributed by atoms with van der Waals surface area (Å²) in [6.07, 6.45) is 3.25. The van der Waals surface area contributed by atoms with Crippen molar-refractivity contribution in [2.45, 2.75) is 26.7 Å². The van der Waals surface area contributed by atoms with Gasteiger partial charge in [0.25, 0.3) is 0 Å². The van der Waals surface area contributed by atoms with Crippen LogP contribution < -0.4 is 5.32 Å². The van der Waals surface area contributed by atoms with E-state index in [2.05, 4.69) is 46.6 Å². The lowest BCUT2D eigenvalue weighted by Crippen LogP contribution is -2.15. The normalized spacial score (nSPS) is 11.2. The van der Waals surface area contributed by atoms with Gasteiger partial charge in [-0.2, -0.15) is 0 Å². The zero-order chi connectivity index (χ0) is 18.1. The molecule has 0 aliphatic carbocycles. The second-order valence-corrected chi connectivity index (χ2v) is 6.94. The molecule has 132 valence electrons. The number of carbonyl (C=O) groups excluding carboxylic acids is 1. The Balaban J connectivity index is 1.54. The Kier molecular flexibility index (Phi) is 4.30. The molecule has 6 nitrogen and oxygen atoms in total. The molecule has 0 bridgehead atoms. The Morgan fingerprint density at radius 1 is 1.31 bits per heavy atom. The summed E-state index contributed by atoms with van der Waals surface area (Å²) in [5, 5.41) is 8.48. The smallest absolute Gasteiger partial charge is 0.231 e. The molecule has 0 radical (unpaired) electrons. The van der Waals surface area contributed by atoms with Gasteiger partial charge in [-0.15, -0.1) is 11.3 Å². The van der Waals surface area contributed by atoms with Gasteiger partial charge in [-0.25, -0.2) is 4.98 Å². The van der Waals surface area contributed by atoms with Gasteiger partial charge in [0.05, 0.1) is 12.1 Å². The largest absolute Gasteiger partial charge is 0.360 e. The summed E-state index contributed by atoms with van der Waals surface area (Å²) >= 11 is 1.53. The molecule has 3 aromatic heterocycles. The maximum absolute atomic E-state index is 12.3. The summed E-state index contributed by atoms with van der Waals surface area (Å²) in [6.45, 7) is 3.92. The summed E-state index contributed by atoms with van der Waals surface area (Å²) in [6, 6.07) is 10.1. The number of thiazole rings is 1. The molecule has 0 spiro atoms. The number of hydrogen-bond acceptors (Lipinski definition) is 5. The van der Waals surface area contributed by atoms with E-state index in [0.717, 1.165) is 28.3 Å². The Bertz CT molecular complexity index is 1060. The standard InChI is InChI=1S/C19H18N4O2S/c1-3-13-4-6-14(7-5-13)16-10-23-15(11-26-19(23)20-16)9-18(24)21-17-8-12(2)25-22-17/h4-8,10-11H,3,9H2,1-2H3,(H,21,22,24). The van der Waals surface area contributed by atoms with Crippen LogP contribution in [-0.4, -0.2) is 20.4 Å². The third-order valence-electron chi connectivity index (χ3n) is 4.18. The van der Waals surface area contributed by atoms with Crippen molar-refractivity contribution < 1.29 is 9.32 Å². The predicted molar refractivity (Wildman–Crippen MR) is 101 cm³/mol. The zero-order valence-corrected chi connectivity index (χ0v) is 15.3. The molecule has 0 saturated carbocycles. The Hall–Kier alpha value is -2.93. The Labute approximate surface area is 154 Å². The van der Waals surface area contributed by atoms with E-state index >= 15 is 0 Å². The van der Waals surface area contributed by atoms with Crippen molar-refractivity contribution in [2.24, 2.45) is 0 Å². The molecule has 0 aliphatic rings. The Morgan fingerprint density at radius 3 is 2.81 bits per heavy atom. The van der Waals surface area contributed by atoms with Crippen molar-refractivity contribution in [2.75, 3.05) is 5.32 Å². The average molecular weight is 366 g/mol. The van der Waals surface area contributed by atoms with Gasteiger partial charge in [0.2, 0.25) is 5.91 Å². The number of imidazole rings is 1. The monoisotopic (exact) mass is 366 g/mol. The molecule has 0 unspecified atom stereocenters. The van der Waals surface area contributed by atoms with E-state index in [4.69, 9.17) is 4.52 Å². The van der Waals surface area contributed by atoms with E-state index in [1.807, 2.05) is 16.0 Å². The number of aromatic nitrogens is 3. The van der Waals surface area contributed by atoms with Crippen LogP contribution in [0.1, 0.15) is 23.9 Å². The lowest BCUT2D eigenvalue weighted by molar-refractivity contribution is -0.115.